The van der Waals surface area contributed by atoms with Crippen LogP contribution in [0.4, 0.5) is 10.5 Å². The molecule has 1 atom stereocenters. The Morgan fingerprint density at radius 3 is 2.50 bits per heavy atom. The number of nitrogens with zero attached hydrogens (tertiary/aromatic N) is 1. The Morgan fingerprint density at radius 2 is 1.79 bits per heavy atom. The highest BCUT2D eigenvalue weighted by molar-refractivity contribution is 5.89. The van der Waals surface area contributed by atoms with Crippen molar-refractivity contribution in [3.05, 3.63) is 84.7 Å². The zero-order valence-electron chi connectivity index (χ0n) is 15.6. The fourth-order valence-corrected chi connectivity index (χ4v) is 2.72. The number of hydrogen-bond acceptors (Lipinski definition) is 4. The number of carbonyl (C=O) groups is 1. The summed E-state index contributed by atoms with van der Waals surface area (Å²) < 4.78 is 5.75. The van der Waals surface area contributed by atoms with E-state index in [4.69, 9.17) is 4.74 Å². The maximum atomic E-state index is 12.3. The second-order valence-electron chi connectivity index (χ2n) is 6.71. The fraction of sp³-hybridized carbons (Fsp3) is 0.182. The molecule has 0 radical (unpaired) electrons. The van der Waals surface area contributed by atoms with E-state index in [2.05, 4.69) is 15.6 Å². The van der Waals surface area contributed by atoms with Crippen LogP contribution in [0.1, 0.15) is 12.5 Å². The summed E-state index contributed by atoms with van der Waals surface area (Å²) in [6, 6.07) is 19.9. The van der Waals surface area contributed by atoms with E-state index in [1.165, 1.54) is 0 Å². The Kier molecular flexibility index (Phi) is 6.24. The largest absolute Gasteiger partial charge is 0.457 e. The number of amides is 2. The number of aliphatic hydroxyl groups is 1. The van der Waals surface area contributed by atoms with Crippen molar-refractivity contribution in [2.24, 2.45) is 0 Å². The number of carbonyl (C=O) groups excluding carboxylic acids is 1. The average molecular weight is 377 g/mol. The first kappa shape index (κ1) is 19.4. The summed E-state index contributed by atoms with van der Waals surface area (Å²) in [6.07, 6.45) is 3.30. The van der Waals surface area contributed by atoms with E-state index in [-0.39, 0.29) is 12.6 Å². The Balaban J connectivity index is 1.59. The van der Waals surface area contributed by atoms with Crippen molar-refractivity contribution in [2.75, 3.05) is 18.5 Å². The average Bonchev–Trinajstić information content (AvgIpc) is 2.74. The molecule has 3 aromatic rings. The van der Waals surface area contributed by atoms with Gasteiger partial charge in [0.1, 0.15) is 11.5 Å². The monoisotopic (exact) mass is 377 g/mol. The first-order chi connectivity index (χ1) is 13.6. The first-order valence-corrected chi connectivity index (χ1v) is 8.98. The van der Waals surface area contributed by atoms with Gasteiger partial charge in [-0.2, -0.15) is 0 Å². The van der Waals surface area contributed by atoms with Crippen LogP contribution >= 0.6 is 0 Å². The van der Waals surface area contributed by atoms with Crippen molar-refractivity contribution in [3.63, 3.8) is 0 Å². The molecular formula is C22H23N3O3. The van der Waals surface area contributed by atoms with Crippen molar-refractivity contribution in [2.45, 2.75) is 12.3 Å². The van der Waals surface area contributed by atoms with Crippen LogP contribution in [0.25, 0.3) is 0 Å². The van der Waals surface area contributed by atoms with Crippen molar-refractivity contribution in [3.8, 4) is 11.5 Å². The van der Waals surface area contributed by atoms with Crippen molar-refractivity contribution < 1.29 is 14.6 Å². The minimum Gasteiger partial charge on any atom is -0.457 e. The molecule has 1 heterocycles. The quantitative estimate of drug-likeness (QED) is 0.582. The molecule has 6 heteroatoms. The molecule has 1 unspecified atom stereocenters. The zero-order chi connectivity index (χ0) is 19.8. The van der Waals surface area contributed by atoms with E-state index in [0.29, 0.717) is 23.7 Å². The number of urea groups is 1. The number of anilines is 1. The summed E-state index contributed by atoms with van der Waals surface area (Å²) in [5.74, 6) is 1.27. The molecule has 6 nitrogen and oxygen atoms in total. The van der Waals surface area contributed by atoms with Crippen LogP contribution in [-0.4, -0.2) is 29.3 Å². The van der Waals surface area contributed by atoms with Gasteiger partial charge in [-0.15, -0.1) is 0 Å². The number of ether oxygens (including phenoxy) is 1. The van der Waals surface area contributed by atoms with Crippen LogP contribution in [0.3, 0.4) is 0 Å². The zero-order valence-corrected chi connectivity index (χ0v) is 15.6. The molecular weight excluding hydrogens is 354 g/mol. The van der Waals surface area contributed by atoms with Crippen LogP contribution in [0, 0.1) is 0 Å². The number of aliphatic hydroxyl groups excluding tert-OH is 1. The Labute approximate surface area is 164 Å². The smallest absolute Gasteiger partial charge is 0.319 e. The molecule has 0 saturated heterocycles. The van der Waals surface area contributed by atoms with E-state index < -0.39 is 5.41 Å². The molecule has 0 fully saturated rings. The van der Waals surface area contributed by atoms with Gasteiger partial charge in [0, 0.05) is 36.1 Å². The third kappa shape index (κ3) is 5.08. The molecule has 0 spiro atoms. The van der Waals surface area contributed by atoms with E-state index in [0.717, 1.165) is 5.56 Å². The number of benzene rings is 2. The molecule has 0 bridgehead atoms. The predicted molar refractivity (Wildman–Crippen MR) is 109 cm³/mol. The van der Waals surface area contributed by atoms with Crippen molar-refractivity contribution >= 4 is 11.7 Å². The third-order valence-corrected chi connectivity index (χ3v) is 4.44. The predicted octanol–water partition coefficient (Wildman–Crippen LogP) is 3.95. The van der Waals surface area contributed by atoms with Gasteiger partial charge >= 0.3 is 6.03 Å². The van der Waals surface area contributed by atoms with Gasteiger partial charge in [0.05, 0.1) is 6.61 Å². The van der Waals surface area contributed by atoms with Crippen molar-refractivity contribution in [1.82, 2.24) is 10.3 Å². The summed E-state index contributed by atoms with van der Waals surface area (Å²) in [7, 11) is 0. The molecule has 0 aliphatic rings. The molecule has 3 N–H and O–H groups in total. The molecule has 0 aliphatic heterocycles. The summed E-state index contributed by atoms with van der Waals surface area (Å²) in [6.45, 7) is 2.13. The van der Waals surface area contributed by atoms with Gasteiger partial charge in [-0.3, -0.25) is 4.98 Å². The minimum absolute atomic E-state index is 0.0768. The van der Waals surface area contributed by atoms with Crippen LogP contribution < -0.4 is 15.4 Å². The lowest BCUT2D eigenvalue weighted by atomic mass is 9.83. The highest BCUT2D eigenvalue weighted by atomic mass is 16.5. The Morgan fingerprint density at radius 1 is 1.04 bits per heavy atom. The molecule has 0 saturated carbocycles. The lowest BCUT2D eigenvalue weighted by Gasteiger charge is -2.28. The second-order valence-corrected chi connectivity index (χ2v) is 6.71. The molecule has 3 rings (SSSR count). The normalized spacial score (nSPS) is 12.6. The van der Waals surface area contributed by atoms with Crippen LogP contribution in [0.2, 0.25) is 0 Å². The number of hydrogen-bond donors (Lipinski definition) is 3. The maximum absolute atomic E-state index is 12.3. The number of pyridine rings is 1. The van der Waals surface area contributed by atoms with Crippen molar-refractivity contribution in [1.29, 1.82) is 0 Å². The highest BCUT2D eigenvalue weighted by Gasteiger charge is 2.26. The number of nitrogens with one attached hydrogen (secondary N) is 2. The number of rotatable bonds is 7. The van der Waals surface area contributed by atoms with E-state index in [9.17, 15) is 9.90 Å². The molecule has 1 aromatic heterocycles. The lowest BCUT2D eigenvalue weighted by Crippen LogP contribution is -2.42. The van der Waals surface area contributed by atoms with Crippen LogP contribution in [-0.2, 0) is 5.41 Å². The standard InChI is InChI=1S/C22H23N3O3/c1-22(16-26,17-6-3-2-4-7-17)15-24-21(27)25-18-8-5-9-20(14-18)28-19-10-12-23-13-11-19/h2-14,26H,15-16H2,1H3,(H2,24,25,27). The minimum atomic E-state index is -0.565. The van der Waals surface area contributed by atoms with Gasteiger partial charge < -0.3 is 20.5 Å². The summed E-state index contributed by atoms with van der Waals surface area (Å²) in [5.41, 5.74) is 1.00. The molecule has 2 aromatic carbocycles. The van der Waals surface area contributed by atoms with Gasteiger partial charge in [0.25, 0.3) is 0 Å². The lowest BCUT2D eigenvalue weighted by molar-refractivity contribution is 0.200. The van der Waals surface area contributed by atoms with Gasteiger partial charge in [-0.25, -0.2) is 4.79 Å². The fourth-order valence-electron chi connectivity index (χ4n) is 2.72. The maximum Gasteiger partial charge on any atom is 0.319 e. The molecule has 144 valence electrons. The van der Waals surface area contributed by atoms with E-state index in [1.54, 1.807) is 42.7 Å². The SMILES string of the molecule is CC(CO)(CNC(=O)Nc1cccc(Oc2ccncc2)c1)c1ccccc1. The third-order valence-electron chi connectivity index (χ3n) is 4.44. The van der Waals surface area contributed by atoms with Gasteiger partial charge in [-0.05, 0) is 29.8 Å². The molecule has 0 aliphatic carbocycles. The summed E-state index contributed by atoms with van der Waals surface area (Å²) >= 11 is 0. The van der Waals surface area contributed by atoms with Gasteiger partial charge in [0.15, 0.2) is 0 Å². The van der Waals surface area contributed by atoms with Gasteiger partial charge in [0.2, 0.25) is 0 Å². The summed E-state index contributed by atoms with van der Waals surface area (Å²) in [4.78, 5) is 16.3. The summed E-state index contributed by atoms with van der Waals surface area (Å²) in [5, 5.41) is 15.4. The van der Waals surface area contributed by atoms with E-state index in [1.807, 2.05) is 43.3 Å². The van der Waals surface area contributed by atoms with Crippen LogP contribution in [0.15, 0.2) is 79.1 Å². The number of aromatic nitrogens is 1. The van der Waals surface area contributed by atoms with Crippen LogP contribution in [0.5, 0.6) is 11.5 Å². The Hall–Kier alpha value is -3.38. The highest BCUT2D eigenvalue weighted by Crippen LogP contribution is 2.24. The van der Waals surface area contributed by atoms with Gasteiger partial charge in [-0.1, -0.05) is 43.3 Å². The Bertz CT molecular complexity index is 903. The topological polar surface area (TPSA) is 83.5 Å². The second kappa shape index (κ2) is 9.01. The molecule has 28 heavy (non-hydrogen) atoms. The van der Waals surface area contributed by atoms with E-state index >= 15 is 0 Å². The first-order valence-electron chi connectivity index (χ1n) is 8.98. The molecule has 2 amide bonds.